The van der Waals surface area contributed by atoms with Gasteiger partial charge in [0.1, 0.15) is 0 Å². The monoisotopic (exact) mass is 679 g/mol. The smallest absolute Gasteiger partial charge is 0.0554 e. The van der Waals surface area contributed by atoms with Crippen molar-refractivity contribution in [2.75, 3.05) is 4.90 Å². The maximum absolute atomic E-state index is 2.42. The number of hydrogen-bond acceptors (Lipinski definition) is 2. The summed E-state index contributed by atoms with van der Waals surface area (Å²) in [4.78, 5) is 2.42. The maximum atomic E-state index is 2.42. The first-order chi connectivity index (χ1) is 25.8. The second kappa shape index (κ2) is 12.7. The van der Waals surface area contributed by atoms with E-state index in [0.717, 1.165) is 11.4 Å². The molecule has 1 heterocycles. The van der Waals surface area contributed by atoms with Crippen molar-refractivity contribution in [2.24, 2.45) is 0 Å². The third kappa shape index (κ3) is 5.33. The molecule has 0 saturated heterocycles. The molecule has 0 radical (unpaired) electrons. The third-order valence-corrected chi connectivity index (χ3v) is 11.4. The van der Waals surface area contributed by atoms with Crippen molar-refractivity contribution in [3.8, 4) is 33.4 Å². The van der Waals surface area contributed by atoms with E-state index < -0.39 is 0 Å². The number of thiophene rings is 1. The zero-order chi connectivity index (χ0) is 34.4. The van der Waals surface area contributed by atoms with Gasteiger partial charge in [-0.1, -0.05) is 146 Å². The van der Waals surface area contributed by atoms with Gasteiger partial charge in [-0.15, -0.1) is 11.3 Å². The molecule has 0 aliphatic carbocycles. The van der Waals surface area contributed by atoms with E-state index in [2.05, 4.69) is 205 Å². The van der Waals surface area contributed by atoms with Crippen molar-refractivity contribution in [3.05, 3.63) is 200 Å². The molecule has 244 valence electrons. The van der Waals surface area contributed by atoms with E-state index in [4.69, 9.17) is 0 Å². The van der Waals surface area contributed by atoms with Crippen LogP contribution in [0.2, 0.25) is 0 Å². The molecule has 1 aromatic heterocycles. The third-order valence-electron chi connectivity index (χ3n) is 10.3. The number of nitrogens with zero attached hydrogens (tertiary/aromatic N) is 1. The van der Waals surface area contributed by atoms with Gasteiger partial charge in [0.05, 0.1) is 5.69 Å². The highest BCUT2D eigenvalue weighted by Crippen LogP contribution is 2.45. The van der Waals surface area contributed by atoms with Crippen LogP contribution in [0.25, 0.3) is 75.1 Å². The molecule has 1 nitrogen and oxygen atoms in total. The van der Waals surface area contributed by atoms with E-state index in [1.54, 1.807) is 0 Å². The standard InChI is InChI=1S/C50H33NS/c1-2-12-38-33-41(23-22-34(38)10-1)40-15-7-14-39(32-40)35-24-28-42(29-25-35)51(47-19-9-21-49-50(47)46-17-5-6-20-48(46)52-49)43-30-26-37(27-31-43)45-18-8-13-36-11-3-4-16-44(36)45/h1-33H. The highest BCUT2D eigenvalue weighted by molar-refractivity contribution is 7.26. The number of anilines is 3. The Balaban J connectivity index is 1.07. The van der Waals surface area contributed by atoms with Gasteiger partial charge >= 0.3 is 0 Å². The van der Waals surface area contributed by atoms with Crippen molar-refractivity contribution >= 4 is 70.1 Å². The van der Waals surface area contributed by atoms with Crippen LogP contribution in [-0.4, -0.2) is 0 Å². The van der Waals surface area contributed by atoms with Crippen LogP contribution in [0.5, 0.6) is 0 Å². The summed E-state index contributed by atoms with van der Waals surface area (Å²) < 4.78 is 2.59. The van der Waals surface area contributed by atoms with Gasteiger partial charge in [0.15, 0.2) is 0 Å². The Morgan fingerprint density at radius 3 is 1.69 bits per heavy atom. The zero-order valence-corrected chi connectivity index (χ0v) is 29.2. The summed E-state index contributed by atoms with van der Waals surface area (Å²) in [5.74, 6) is 0. The average Bonchev–Trinajstić information content (AvgIpc) is 3.61. The molecular weight excluding hydrogens is 647 g/mol. The largest absolute Gasteiger partial charge is 0.310 e. The van der Waals surface area contributed by atoms with Crippen molar-refractivity contribution in [1.29, 1.82) is 0 Å². The van der Waals surface area contributed by atoms with Crippen LogP contribution in [0.4, 0.5) is 17.1 Å². The quantitative estimate of drug-likeness (QED) is 0.169. The van der Waals surface area contributed by atoms with Crippen LogP contribution in [0.15, 0.2) is 200 Å². The summed E-state index contributed by atoms with van der Waals surface area (Å²) in [6.07, 6.45) is 0. The predicted molar refractivity (Wildman–Crippen MR) is 225 cm³/mol. The molecule has 9 aromatic carbocycles. The first-order valence-corrected chi connectivity index (χ1v) is 18.6. The number of hydrogen-bond donors (Lipinski definition) is 0. The molecule has 0 unspecified atom stereocenters. The Bertz CT molecular complexity index is 2890. The Labute approximate surface area is 307 Å². The molecule has 0 aliphatic rings. The lowest BCUT2D eigenvalue weighted by Crippen LogP contribution is -2.10. The van der Waals surface area contributed by atoms with E-state index >= 15 is 0 Å². The predicted octanol–water partition coefficient (Wildman–Crippen LogP) is 14.8. The van der Waals surface area contributed by atoms with Gasteiger partial charge in [-0.3, -0.25) is 0 Å². The van der Waals surface area contributed by atoms with Crippen molar-refractivity contribution in [3.63, 3.8) is 0 Å². The van der Waals surface area contributed by atoms with Gasteiger partial charge in [0.25, 0.3) is 0 Å². The van der Waals surface area contributed by atoms with Gasteiger partial charge in [-0.25, -0.2) is 0 Å². The minimum Gasteiger partial charge on any atom is -0.310 e. The Kier molecular flexibility index (Phi) is 7.41. The molecular formula is C50H33NS. The van der Waals surface area contributed by atoms with Gasteiger partial charge in [-0.05, 0) is 110 Å². The lowest BCUT2D eigenvalue weighted by Gasteiger charge is -2.27. The second-order valence-corrected chi connectivity index (χ2v) is 14.4. The number of fused-ring (bicyclic) bond motifs is 5. The zero-order valence-electron chi connectivity index (χ0n) is 28.4. The fourth-order valence-electron chi connectivity index (χ4n) is 7.69. The molecule has 0 spiro atoms. The Hall–Kier alpha value is -6.48. The van der Waals surface area contributed by atoms with E-state index in [1.807, 2.05) is 11.3 Å². The fourth-order valence-corrected chi connectivity index (χ4v) is 8.81. The van der Waals surface area contributed by atoms with Crippen LogP contribution in [0.3, 0.4) is 0 Å². The van der Waals surface area contributed by atoms with Crippen LogP contribution < -0.4 is 4.90 Å². The minimum absolute atomic E-state index is 1.12. The lowest BCUT2D eigenvalue weighted by atomic mass is 9.97. The first-order valence-electron chi connectivity index (χ1n) is 17.8. The van der Waals surface area contributed by atoms with Crippen molar-refractivity contribution in [1.82, 2.24) is 0 Å². The Morgan fingerprint density at radius 2 is 0.885 bits per heavy atom. The molecule has 0 saturated carbocycles. The average molecular weight is 680 g/mol. The summed E-state index contributed by atoms with van der Waals surface area (Å²) in [6.45, 7) is 0. The van der Waals surface area contributed by atoms with E-state index in [0.29, 0.717) is 0 Å². The molecule has 0 atom stereocenters. The highest BCUT2D eigenvalue weighted by Gasteiger charge is 2.19. The highest BCUT2D eigenvalue weighted by atomic mass is 32.1. The number of benzene rings is 9. The maximum Gasteiger partial charge on any atom is 0.0554 e. The molecule has 10 rings (SSSR count). The van der Waals surface area contributed by atoms with Gasteiger partial charge < -0.3 is 4.90 Å². The van der Waals surface area contributed by atoms with Crippen LogP contribution in [0.1, 0.15) is 0 Å². The van der Waals surface area contributed by atoms with Gasteiger partial charge in [0.2, 0.25) is 0 Å². The van der Waals surface area contributed by atoms with E-state index in [9.17, 15) is 0 Å². The summed E-state index contributed by atoms with van der Waals surface area (Å²) >= 11 is 1.86. The number of rotatable bonds is 6. The molecule has 0 fully saturated rings. The van der Waals surface area contributed by atoms with Crippen molar-refractivity contribution < 1.29 is 0 Å². The van der Waals surface area contributed by atoms with Crippen molar-refractivity contribution in [2.45, 2.75) is 0 Å². The van der Waals surface area contributed by atoms with Crippen LogP contribution in [0, 0.1) is 0 Å². The van der Waals surface area contributed by atoms with Crippen LogP contribution >= 0.6 is 11.3 Å². The Morgan fingerprint density at radius 1 is 0.327 bits per heavy atom. The molecule has 2 heteroatoms. The summed E-state index contributed by atoms with van der Waals surface area (Å²) in [7, 11) is 0. The molecule has 52 heavy (non-hydrogen) atoms. The van der Waals surface area contributed by atoms with Gasteiger partial charge in [0, 0.05) is 31.5 Å². The summed E-state index contributed by atoms with van der Waals surface area (Å²) in [5, 5.41) is 7.62. The lowest BCUT2D eigenvalue weighted by molar-refractivity contribution is 1.30. The van der Waals surface area contributed by atoms with Crippen LogP contribution in [-0.2, 0) is 0 Å². The molecule has 0 bridgehead atoms. The SMILES string of the molecule is c1cc(-c2ccc(N(c3ccc(-c4cccc5ccccc45)cc3)c3cccc4sc5ccccc5c34)cc2)cc(-c2ccc3ccccc3c2)c1. The molecule has 0 amide bonds. The topological polar surface area (TPSA) is 3.24 Å². The molecule has 0 N–H and O–H groups in total. The van der Waals surface area contributed by atoms with Gasteiger partial charge in [-0.2, -0.15) is 0 Å². The normalized spacial score (nSPS) is 11.5. The summed E-state index contributed by atoms with van der Waals surface area (Å²) in [6, 6.07) is 73.0. The molecule has 0 aliphatic heterocycles. The second-order valence-electron chi connectivity index (χ2n) is 13.3. The fraction of sp³-hybridized carbons (Fsp3) is 0. The molecule has 10 aromatic rings. The van der Waals surface area contributed by atoms with E-state index in [-0.39, 0.29) is 0 Å². The first kappa shape index (κ1) is 30.4. The summed E-state index contributed by atoms with van der Waals surface area (Å²) in [5.41, 5.74) is 10.7. The van der Waals surface area contributed by atoms with E-state index in [1.165, 1.54) is 80.8 Å². The minimum atomic E-state index is 1.12.